The van der Waals surface area contributed by atoms with E-state index >= 15 is 0 Å². The van der Waals surface area contributed by atoms with Crippen LogP contribution in [0.4, 0.5) is 13.6 Å². The van der Waals surface area contributed by atoms with Crippen LogP contribution in [0.2, 0.25) is 0 Å². The van der Waals surface area contributed by atoms with Gasteiger partial charge in [0.2, 0.25) is 24.4 Å². The van der Waals surface area contributed by atoms with Crippen LogP contribution in [0, 0.1) is 0 Å². The Kier molecular flexibility index (Phi) is 10.9. The van der Waals surface area contributed by atoms with Gasteiger partial charge in [-0.05, 0) is 30.9 Å². The van der Waals surface area contributed by atoms with Gasteiger partial charge in [-0.2, -0.15) is 8.78 Å². The molecule has 0 bridgehead atoms. The van der Waals surface area contributed by atoms with Crippen molar-refractivity contribution in [2.75, 3.05) is 13.2 Å². The molecule has 0 saturated carbocycles. The van der Waals surface area contributed by atoms with E-state index in [9.17, 15) is 33.4 Å². The van der Waals surface area contributed by atoms with Gasteiger partial charge in [0, 0.05) is 19.7 Å². The summed E-state index contributed by atoms with van der Waals surface area (Å²) in [5.41, 5.74) is 0.740. The first-order chi connectivity index (χ1) is 19.0. The number of amides is 3. The zero-order valence-corrected chi connectivity index (χ0v) is 21.7. The number of hydrogen-bond acceptors (Lipinski definition) is 10. The van der Waals surface area contributed by atoms with E-state index in [-0.39, 0.29) is 24.8 Å². The largest absolute Gasteiger partial charge is 0.445 e. The van der Waals surface area contributed by atoms with Crippen LogP contribution in [0.3, 0.4) is 0 Å². The summed E-state index contributed by atoms with van der Waals surface area (Å²) in [5, 5.41) is 36.8. The number of amidine groups is 1. The standard InChI is InChI=1S/C25H33F2N5O8/c1-15(34)28-11-6-5-9-17(29-24(38)39-14-16-7-3-2-4-8-16)21(36)30-19-10-12-32(23(37)31-19)22-25(26,27)20(35)18(13-33)40-22/h2-4,7-8,10,12,17-18,20,22-23,33,35,37H,5-6,9,11,13-14H2,1H3,(H,28,34)(H,29,38)(H,30,31,36)/t17?,18-,20?,22-,23?/m1/s1. The molecule has 0 spiro atoms. The van der Waals surface area contributed by atoms with E-state index in [0.717, 1.165) is 17.8 Å². The number of halogens is 2. The van der Waals surface area contributed by atoms with E-state index in [0.29, 0.717) is 24.3 Å². The van der Waals surface area contributed by atoms with Crippen LogP contribution in [0.15, 0.2) is 47.6 Å². The van der Waals surface area contributed by atoms with Crippen molar-refractivity contribution in [2.45, 2.75) is 69.5 Å². The van der Waals surface area contributed by atoms with Gasteiger partial charge < -0.3 is 45.6 Å². The fourth-order valence-electron chi connectivity index (χ4n) is 4.00. The fourth-order valence-corrected chi connectivity index (χ4v) is 4.00. The number of alkyl carbamates (subject to hydrolysis) is 1. The number of hydrogen-bond donors (Lipinski definition) is 6. The minimum Gasteiger partial charge on any atom is -0.445 e. The summed E-state index contributed by atoms with van der Waals surface area (Å²) in [5.74, 6) is -4.93. The van der Waals surface area contributed by atoms with Crippen molar-refractivity contribution < 1.29 is 48.0 Å². The lowest BCUT2D eigenvalue weighted by molar-refractivity contribution is -0.186. The molecule has 6 N–H and O–H groups in total. The Morgan fingerprint density at radius 1 is 1.20 bits per heavy atom. The average molecular weight is 570 g/mol. The van der Waals surface area contributed by atoms with Crippen molar-refractivity contribution in [3.8, 4) is 0 Å². The topological polar surface area (TPSA) is 182 Å². The van der Waals surface area contributed by atoms with Crippen LogP contribution < -0.4 is 16.0 Å². The van der Waals surface area contributed by atoms with Gasteiger partial charge in [0.05, 0.1) is 6.61 Å². The summed E-state index contributed by atoms with van der Waals surface area (Å²) in [6, 6.07) is 7.81. The van der Waals surface area contributed by atoms with Crippen molar-refractivity contribution in [3.05, 3.63) is 48.2 Å². The number of ether oxygens (including phenoxy) is 2. The summed E-state index contributed by atoms with van der Waals surface area (Å²) < 4.78 is 39.1. The molecule has 3 unspecified atom stereocenters. The monoisotopic (exact) mass is 569 g/mol. The Morgan fingerprint density at radius 2 is 1.93 bits per heavy atom. The van der Waals surface area contributed by atoms with E-state index in [1.165, 1.54) is 6.92 Å². The van der Waals surface area contributed by atoms with Gasteiger partial charge in [0.15, 0.2) is 6.10 Å². The number of carbonyl (C=O) groups is 3. The maximum Gasteiger partial charge on any atom is 0.408 e. The van der Waals surface area contributed by atoms with E-state index < -0.39 is 55.4 Å². The van der Waals surface area contributed by atoms with Crippen molar-refractivity contribution >= 4 is 23.7 Å². The highest BCUT2D eigenvalue weighted by atomic mass is 19.3. The molecular weight excluding hydrogens is 536 g/mol. The number of rotatable bonds is 11. The second kappa shape index (κ2) is 14.1. The van der Waals surface area contributed by atoms with Crippen molar-refractivity contribution in [3.63, 3.8) is 0 Å². The molecule has 1 aromatic rings. The lowest BCUT2D eigenvalue weighted by Gasteiger charge is -2.34. The van der Waals surface area contributed by atoms with Crippen LogP contribution in [0.1, 0.15) is 31.7 Å². The molecule has 15 heteroatoms. The molecule has 0 aromatic heterocycles. The molecule has 1 aromatic carbocycles. The van der Waals surface area contributed by atoms with Crippen LogP contribution >= 0.6 is 0 Å². The van der Waals surface area contributed by atoms with Gasteiger partial charge in [-0.15, -0.1) is 0 Å². The first kappa shape index (κ1) is 30.9. The van der Waals surface area contributed by atoms with E-state index in [2.05, 4.69) is 20.9 Å². The first-order valence-electron chi connectivity index (χ1n) is 12.6. The third-order valence-corrected chi connectivity index (χ3v) is 6.12. The number of benzene rings is 1. The predicted octanol–water partition coefficient (Wildman–Crippen LogP) is -0.0789. The molecule has 3 rings (SSSR count). The van der Waals surface area contributed by atoms with Crippen LogP contribution in [-0.4, -0.2) is 93.9 Å². The molecule has 2 aliphatic heterocycles. The highest BCUT2D eigenvalue weighted by Crippen LogP contribution is 2.39. The van der Waals surface area contributed by atoms with Crippen LogP contribution in [0.5, 0.6) is 0 Å². The third kappa shape index (κ3) is 8.17. The quantitative estimate of drug-likeness (QED) is 0.199. The molecule has 2 heterocycles. The SMILES string of the molecule is CC(=O)NCCCCC(NC(=O)OCc1ccccc1)C(=O)NC1=NC(O)N([C@@H]2O[C@H](CO)C(O)C2(F)F)C=C1. The number of unbranched alkanes of at least 4 members (excludes halogenated alkanes) is 1. The van der Waals surface area contributed by atoms with Gasteiger partial charge in [-0.25, -0.2) is 9.79 Å². The molecule has 3 amide bonds. The Bertz CT molecular complexity index is 1090. The van der Waals surface area contributed by atoms with Crippen LogP contribution in [0.25, 0.3) is 0 Å². The van der Waals surface area contributed by atoms with Gasteiger partial charge in [-0.1, -0.05) is 30.3 Å². The first-order valence-corrected chi connectivity index (χ1v) is 12.6. The maximum atomic E-state index is 14.5. The molecule has 220 valence electrons. The minimum absolute atomic E-state index is 0.0271. The van der Waals surface area contributed by atoms with Crippen molar-refractivity contribution in [2.24, 2.45) is 4.99 Å². The highest BCUT2D eigenvalue weighted by molar-refractivity contribution is 6.06. The summed E-state index contributed by atoms with van der Waals surface area (Å²) in [6.45, 7) is 0.861. The molecule has 1 fully saturated rings. The second-order valence-corrected chi connectivity index (χ2v) is 9.18. The second-order valence-electron chi connectivity index (χ2n) is 9.18. The molecule has 0 radical (unpaired) electrons. The smallest absolute Gasteiger partial charge is 0.408 e. The molecule has 0 aliphatic carbocycles. The van der Waals surface area contributed by atoms with Gasteiger partial charge in [-0.3, -0.25) is 9.59 Å². The number of aliphatic imine (C=N–C) groups is 1. The van der Waals surface area contributed by atoms with E-state index in [4.69, 9.17) is 14.6 Å². The number of nitrogens with zero attached hydrogens (tertiary/aromatic N) is 2. The number of aliphatic hydroxyl groups is 3. The molecule has 2 aliphatic rings. The fraction of sp³-hybridized carbons (Fsp3) is 0.520. The number of aliphatic hydroxyl groups excluding tert-OH is 3. The average Bonchev–Trinajstić information content (AvgIpc) is 3.15. The third-order valence-electron chi connectivity index (χ3n) is 6.12. The van der Waals surface area contributed by atoms with Gasteiger partial charge in [0.25, 0.3) is 0 Å². The summed E-state index contributed by atoms with van der Waals surface area (Å²) in [4.78, 5) is 40.9. The number of nitrogens with one attached hydrogen (secondary N) is 3. The Morgan fingerprint density at radius 3 is 2.55 bits per heavy atom. The summed E-state index contributed by atoms with van der Waals surface area (Å²) >= 11 is 0. The van der Waals surface area contributed by atoms with E-state index in [1.807, 2.05) is 6.07 Å². The Labute approximate surface area is 228 Å². The van der Waals surface area contributed by atoms with E-state index in [1.54, 1.807) is 24.3 Å². The van der Waals surface area contributed by atoms with Gasteiger partial charge >= 0.3 is 12.0 Å². The maximum absolute atomic E-state index is 14.5. The molecule has 13 nitrogen and oxygen atoms in total. The minimum atomic E-state index is -3.83. The lowest BCUT2D eigenvalue weighted by atomic mass is 10.1. The zero-order chi connectivity index (χ0) is 29.3. The van der Waals surface area contributed by atoms with Crippen molar-refractivity contribution in [1.29, 1.82) is 0 Å². The predicted molar refractivity (Wildman–Crippen MR) is 135 cm³/mol. The number of carbonyl (C=O) groups excluding carboxylic acids is 3. The Hall–Kier alpha value is -3.66. The highest BCUT2D eigenvalue weighted by Gasteiger charge is 2.61. The zero-order valence-electron chi connectivity index (χ0n) is 21.7. The lowest BCUT2D eigenvalue weighted by Crippen LogP contribution is -2.53. The van der Waals surface area contributed by atoms with Gasteiger partial charge in [0.1, 0.15) is 24.6 Å². The summed E-state index contributed by atoms with van der Waals surface area (Å²) in [6.07, 6.45) is -5.49. The Balaban J connectivity index is 1.61. The van der Waals surface area contributed by atoms with Crippen LogP contribution in [-0.2, 0) is 25.7 Å². The number of alkyl halides is 2. The normalized spacial score (nSPS) is 24.1. The van der Waals surface area contributed by atoms with Crippen molar-refractivity contribution in [1.82, 2.24) is 20.9 Å². The molecule has 5 atom stereocenters. The molecule has 1 saturated heterocycles. The molecule has 40 heavy (non-hydrogen) atoms. The molecular formula is C25H33F2N5O8. The summed E-state index contributed by atoms with van der Waals surface area (Å²) in [7, 11) is 0.